The van der Waals surface area contributed by atoms with Gasteiger partial charge in [0.05, 0.1) is 40.5 Å². The van der Waals surface area contributed by atoms with E-state index < -0.39 is 68.1 Å². The number of hydrogen-bond donors (Lipinski definition) is 10. The third kappa shape index (κ3) is 14.5. The lowest BCUT2D eigenvalue weighted by molar-refractivity contribution is -0.271. The Hall–Kier alpha value is -7.36. The molecule has 5 heterocycles. The molecular formula is C64H78N9O16PS. The number of aliphatic carboxylic acids is 1. The number of carbonyl (C=O) groups excluding carboxylic acids is 2. The minimum Gasteiger partial charge on any atom is -0.479 e. The lowest BCUT2D eigenvalue weighted by Crippen LogP contribution is -2.64. The quantitative estimate of drug-likeness (QED) is 0.0199. The Morgan fingerprint density at radius 3 is 2.42 bits per heavy atom. The minimum atomic E-state index is -4.39. The molecule has 1 saturated heterocycles. The first-order valence-electron chi connectivity index (χ1n) is 30.6. The molecule has 25 nitrogen and oxygen atoms in total. The first kappa shape index (κ1) is 65.1. The van der Waals surface area contributed by atoms with E-state index in [9.17, 15) is 59.1 Å². The van der Waals surface area contributed by atoms with Gasteiger partial charge in [-0.25, -0.2) is 24.4 Å². The van der Waals surface area contributed by atoms with Gasteiger partial charge in [-0.3, -0.25) is 19.4 Å². The number of para-hydroxylation sites is 1. The van der Waals surface area contributed by atoms with E-state index in [1.54, 1.807) is 42.6 Å². The van der Waals surface area contributed by atoms with Crippen LogP contribution in [0.1, 0.15) is 108 Å². The van der Waals surface area contributed by atoms with Crippen molar-refractivity contribution < 1.29 is 78.0 Å². The molecule has 4 saturated carbocycles. The van der Waals surface area contributed by atoms with Crippen LogP contribution in [0.15, 0.2) is 85.1 Å². The maximum atomic E-state index is 13.8. The topological polar surface area (TPSA) is 364 Å². The number of aliphatic hydroxyl groups excluding tert-OH is 3. The number of ether oxygens (including phenoxy) is 4. The van der Waals surface area contributed by atoms with Crippen molar-refractivity contribution in [3.8, 4) is 16.9 Å². The minimum absolute atomic E-state index is 0.00516. The van der Waals surface area contributed by atoms with Crippen molar-refractivity contribution in [2.24, 2.45) is 22.0 Å². The Labute approximate surface area is 529 Å². The third-order valence-corrected chi connectivity index (χ3v) is 20.1. The highest BCUT2D eigenvalue weighted by molar-refractivity contribution is 7.51. The van der Waals surface area contributed by atoms with Crippen molar-refractivity contribution in [2.75, 3.05) is 67.6 Å². The molecule has 486 valence electrons. The molecule has 5 fully saturated rings. The summed E-state index contributed by atoms with van der Waals surface area (Å²) in [7, 11) is -4.39. The highest BCUT2D eigenvalue weighted by Gasteiger charge is 2.66. The lowest BCUT2D eigenvalue weighted by Gasteiger charge is -2.69. The van der Waals surface area contributed by atoms with Crippen LogP contribution in [-0.2, 0) is 43.1 Å². The number of hydrogen-bond acceptors (Lipinski definition) is 19. The smallest absolute Gasteiger partial charge is 0.410 e. The van der Waals surface area contributed by atoms with E-state index in [4.69, 9.17) is 34.8 Å². The van der Waals surface area contributed by atoms with E-state index in [-0.39, 0.29) is 66.3 Å². The number of nitrogens with two attached hydrogens (primary N) is 1. The van der Waals surface area contributed by atoms with Crippen LogP contribution < -0.4 is 26.0 Å². The molecule has 27 heteroatoms. The first-order valence-corrected chi connectivity index (χ1v) is 33.2. The van der Waals surface area contributed by atoms with E-state index in [1.807, 2.05) is 59.0 Å². The molecule has 91 heavy (non-hydrogen) atoms. The summed E-state index contributed by atoms with van der Waals surface area (Å²) in [5, 5.41) is 62.9. The van der Waals surface area contributed by atoms with E-state index in [0.29, 0.717) is 84.5 Å². The molecule has 0 radical (unpaired) electrons. The van der Waals surface area contributed by atoms with Gasteiger partial charge in [0.1, 0.15) is 36.5 Å². The number of pyridine rings is 1. The molecule has 6 aromatic rings. The molecule has 12 rings (SSSR count). The van der Waals surface area contributed by atoms with Gasteiger partial charge in [-0.2, -0.15) is 5.10 Å². The predicted molar refractivity (Wildman–Crippen MR) is 338 cm³/mol. The molecule has 0 spiro atoms. The highest BCUT2D eigenvalue weighted by Crippen LogP contribution is 2.72. The number of aromatic carboxylic acids is 1. The normalized spacial score (nSPS) is 26.0. The summed E-state index contributed by atoms with van der Waals surface area (Å²) in [4.78, 5) is 84.7. The molecule has 2 amide bonds. The second-order valence-corrected chi connectivity index (χ2v) is 28.6. The Balaban J connectivity index is 0.744. The zero-order valence-corrected chi connectivity index (χ0v) is 52.6. The molecule has 6 aliphatic rings. The number of anilines is 3. The monoisotopic (exact) mass is 1290 g/mol. The van der Waals surface area contributed by atoms with Crippen molar-refractivity contribution >= 4 is 75.8 Å². The highest BCUT2D eigenvalue weighted by atomic mass is 32.1. The van der Waals surface area contributed by atoms with Crippen LogP contribution in [0.5, 0.6) is 5.75 Å². The summed E-state index contributed by atoms with van der Waals surface area (Å²) in [6.45, 7) is 8.88. The number of amides is 2. The molecule has 2 aliphatic heterocycles. The molecule has 4 bridgehead atoms. The van der Waals surface area contributed by atoms with Crippen molar-refractivity contribution in [2.45, 2.75) is 128 Å². The predicted octanol–water partition coefficient (Wildman–Crippen LogP) is 7.26. The van der Waals surface area contributed by atoms with Gasteiger partial charge in [-0.15, -0.1) is 0 Å². The molecule has 3 aromatic carbocycles. The zero-order chi connectivity index (χ0) is 64.6. The Morgan fingerprint density at radius 1 is 0.901 bits per heavy atom. The van der Waals surface area contributed by atoms with Gasteiger partial charge in [0.2, 0.25) is 6.29 Å². The number of carboxylic acid groups (broad SMARTS) is 2. The molecule has 11 N–H and O–H groups in total. The SMILES string of the molecule is Cc1c(-c2ccc(N3CCc4cccc(C(=O)Nc5nc6ccccc6s5)c4C3)nc2C(=O)O)cnn1CC12CC3(C)CC(C)(C1)CC(OCCN(CCCP(=O)(O)O)C(=O)OC/C=C/c1ccc(O[C@@H]4O[C@H](C(=O)O)[C@@H](O)[C@H](O)[C@H]4O)c(NCCCN)c1)(C3)C2. The van der Waals surface area contributed by atoms with Gasteiger partial charge in [-0.1, -0.05) is 61.6 Å². The fraction of sp³-hybridized carbons (Fsp3) is 0.484. The number of nitrogens with one attached hydrogen (secondary N) is 2. The van der Waals surface area contributed by atoms with Crippen molar-refractivity contribution in [3.05, 3.63) is 119 Å². The number of thiazole rings is 1. The Kier molecular flexibility index (Phi) is 18.8. The van der Waals surface area contributed by atoms with E-state index in [2.05, 4.69) is 29.5 Å². The Morgan fingerprint density at radius 2 is 1.68 bits per heavy atom. The van der Waals surface area contributed by atoms with Crippen LogP contribution in [0.25, 0.3) is 27.4 Å². The number of carbonyl (C=O) groups is 4. The Bertz CT molecular complexity index is 3750. The maximum Gasteiger partial charge on any atom is 0.410 e. The number of aromatic nitrogens is 4. The number of aliphatic hydroxyl groups is 3. The standard InChI is InChI=1S/C64H78N9O16PS/c1-38-43(41-16-18-49(69-50(41)56(78)79)72-23-19-40-11-6-12-42(44(40)30-72)55(77)70-59-68-45-13-4-5-14-48(45)91-59)29-67-73(38)37-63-32-61(2)31-62(3,33-63)35-64(34-61,36-63)87-26-24-71(22-9-27-90(83,84)85)60(82)86-25-7-10-39-15-17-47(46(28-39)66-21-8-20-65)88-58-53(76)51(74)52(75)54(89-58)57(80)81/h4-7,10-18,28-29,51-54,58,66,74-76H,8-9,19-27,30-37,65H2,1-3H3,(H,78,79)(H,80,81)(H,68,70,77)(H2,83,84,85)/b10-7+/t51-,52-,53+,54-,58+,61?,62?,63?,64?/m0/s1. The second-order valence-electron chi connectivity index (χ2n) is 25.8. The fourth-order valence-electron chi connectivity index (χ4n) is 15.4. The number of rotatable bonds is 25. The molecular weight excluding hydrogens is 1210 g/mol. The molecule has 2 unspecified atom stereocenters. The summed E-state index contributed by atoms with van der Waals surface area (Å²) < 4.78 is 38.8. The van der Waals surface area contributed by atoms with E-state index >= 15 is 0 Å². The molecule has 4 aliphatic carbocycles. The summed E-state index contributed by atoms with van der Waals surface area (Å²) in [6.07, 6.45) is 1.23. The van der Waals surface area contributed by atoms with Crippen LogP contribution in [0.2, 0.25) is 0 Å². The summed E-state index contributed by atoms with van der Waals surface area (Å²) in [5.41, 5.74) is 10.8. The largest absolute Gasteiger partial charge is 0.479 e. The van der Waals surface area contributed by atoms with Crippen LogP contribution in [0.3, 0.4) is 0 Å². The molecule has 3 aromatic heterocycles. The number of fused-ring (bicyclic) bond motifs is 2. The number of nitrogens with zero attached hydrogens (tertiary/aromatic N) is 6. The fourth-order valence-corrected chi connectivity index (χ4v) is 16.9. The van der Waals surface area contributed by atoms with Gasteiger partial charge < -0.3 is 75.1 Å². The second kappa shape index (κ2) is 26.3. The van der Waals surface area contributed by atoms with Gasteiger partial charge in [0.25, 0.3) is 5.91 Å². The third-order valence-electron chi connectivity index (χ3n) is 18.2. The van der Waals surface area contributed by atoms with E-state index in [1.165, 1.54) is 22.3 Å². The molecule has 7 atom stereocenters. The number of benzene rings is 3. The van der Waals surface area contributed by atoms with Crippen LogP contribution in [0, 0.1) is 23.2 Å². The van der Waals surface area contributed by atoms with Gasteiger partial charge in [0.15, 0.2) is 16.9 Å². The average Bonchev–Trinajstić information content (AvgIpc) is 0.841. The summed E-state index contributed by atoms with van der Waals surface area (Å²) in [5.74, 6) is -2.39. The van der Waals surface area contributed by atoms with Crippen LogP contribution in [-0.4, -0.2) is 172 Å². The maximum absolute atomic E-state index is 13.8. The van der Waals surface area contributed by atoms with Crippen molar-refractivity contribution in [3.63, 3.8) is 0 Å². The van der Waals surface area contributed by atoms with Crippen molar-refractivity contribution in [1.82, 2.24) is 24.6 Å². The van der Waals surface area contributed by atoms with Gasteiger partial charge in [-0.05, 0) is 153 Å². The zero-order valence-electron chi connectivity index (χ0n) is 50.9. The number of carboxylic acids is 2. The summed E-state index contributed by atoms with van der Waals surface area (Å²) in [6, 6.07) is 21.9. The van der Waals surface area contributed by atoms with Gasteiger partial charge in [0, 0.05) is 61.7 Å². The summed E-state index contributed by atoms with van der Waals surface area (Å²) >= 11 is 1.40. The lowest BCUT2D eigenvalue weighted by atomic mass is 9.39. The van der Waals surface area contributed by atoms with Gasteiger partial charge >= 0.3 is 25.6 Å². The van der Waals surface area contributed by atoms with Crippen LogP contribution >= 0.6 is 18.9 Å². The van der Waals surface area contributed by atoms with E-state index in [0.717, 1.165) is 65.6 Å². The van der Waals surface area contributed by atoms with Crippen molar-refractivity contribution in [1.29, 1.82) is 0 Å². The first-order chi connectivity index (χ1) is 43.3. The average molecular weight is 1290 g/mol. The van der Waals surface area contributed by atoms with Crippen LogP contribution in [0.4, 0.5) is 21.4 Å².